The molecule has 4 rings (SSSR count). The summed E-state index contributed by atoms with van der Waals surface area (Å²) < 4.78 is 2.24. The van der Waals surface area contributed by atoms with Crippen molar-refractivity contribution in [2.75, 3.05) is 0 Å². The zero-order valence-corrected chi connectivity index (χ0v) is 11.8. The van der Waals surface area contributed by atoms with Gasteiger partial charge in [0.15, 0.2) is 6.20 Å². The molecule has 1 nitrogen and oxygen atoms in total. The molecular formula is C17H14NS+. The lowest BCUT2D eigenvalue weighted by Gasteiger charge is -2.19. The maximum atomic E-state index is 2.24. The molecule has 0 spiro atoms. The molecule has 0 aliphatic carbocycles. The first-order valence-electron chi connectivity index (χ1n) is 6.45. The van der Waals surface area contributed by atoms with Gasteiger partial charge in [-0.1, -0.05) is 36.0 Å². The van der Waals surface area contributed by atoms with Crippen LogP contribution < -0.4 is 4.57 Å². The fourth-order valence-corrected chi connectivity index (χ4v) is 4.12. The van der Waals surface area contributed by atoms with E-state index < -0.39 is 0 Å². The lowest BCUT2D eigenvalue weighted by molar-refractivity contribution is -0.662. The number of fused-ring (bicyclic) bond motifs is 2. The second-order valence-corrected chi connectivity index (χ2v) is 6.13. The van der Waals surface area contributed by atoms with Crippen molar-refractivity contribution in [1.82, 2.24) is 0 Å². The van der Waals surface area contributed by atoms with E-state index in [4.69, 9.17) is 0 Å². The second-order valence-electron chi connectivity index (χ2n) is 5.05. The molecule has 3 aromatic rings. The number of rotatable bonds is 0. The molecule has 0 saturated carbocycles. The Bertz CT molecular complexity index is 821. The summed E-state index contributed by atoms with van der Waals surface area (Å²) in [4.78, 5) is 2.72. The molecule has 0 amide bonds. The van der Waals surface area contributed by atoms with Crippen molar-refractivity contribution in [2.45, 2.75) is 16.7 Å². The van der Waals surface area contributed by atoms with Gasteiger partial charge in [-0.3, -0.25) is 0 Å². The SMILES string of the molecule is Cc1ccc2cccc3c2c1-c1c(ccc[n+]1C)S3. The Morgan fingerprint density at radius 1 is 0.947 bits per heavy atom. The van der Waals surface area contributed by atoms with Crippen molar-refractivity contribution in [3.05, 3.63) is 54.2 Å². The van der Waals surface area contributed by atoms with Gasteiger partial charge in [0.1, 0.15) is 7.05 Å². The van der Waals surface area contributed by atoms with Gasteiger partial charge in [-0.15, -0.1) is 0 Å². The van der Waals surface area contributed by atoms with E-state index in [0.717, 1.165) is 0 Å². The van der Waals surface area contributed by atoms with Crippen molar-refractivity contribution < 1.29 is 4.57 Å². The molecule has 2 aromatic carbocycles. The maximum Gasteiger partial charge on any atom is 0.227 e. The topological polar surface area (TPSA) is 3.88 Å². The highest BCUT2D eigenvalue weighted by Gasteiger charge is 2.26. The summed E-state index contributed by atoms with van der Waals surface area (Å²) in [6.07, 6.45) is 2.13. The Morgan fingerprint density at radius 3 is 2.68 bits per heavy atom. The first-order valence-corrected chi connectivity index (χ1v) is 7.26. The molecule has 0 saturated heterocycles. The lowest BCUT2D eigenvalue weighted by atomic mass is 9.96. The fraction of sp³-hybridized carbons (Fsp3) is 0.118. The van der Waals surface area contributed by atoms with Crippen LogP contribution in [-0.4, -0.2) is 0 Å². The van der Waals surface area contributed by atoms with Crippen LogP contribution in [0.2, 0.25) is 0 Å². The molecule has 92 valence electrons. The molecule has 1 aromatic heterocycles. The summed E-state index contributed by atoms with van der Waals surface area (Å²) in [5, 5.41) is 2.74. The van der Waals surface area contributed by atoms with Gasteiger partial charge in [-0.25, -0.2) is 4.57 Å². The zero-order chi connectivity index (χ0) is 13.0. The third-order valence-corrected chi connectivity index (χ3v) is 4.93. The van der Waals surface area contributed by atoms with Gasteiger partial charge in [-0.2, -0.15) is 0 Å². The standard InChI is InChI=1S/C17H14NS/c1-11-8-9-12-5-3-6-13-16(12)15(11)17-14(19-13)7-4-10-18(17)2/h3-10H,1-2H3/q+1. The van der Waals surface area contributed by atoms with Crippen LogP contribution in [0.25, 0.3) is 22.0 Å². The highest BCUT2D eigenvalue weighted by molar-refractivity contribution is 7.99. The lowest BCUT2D eigenvalue weighted by Crippen LogP contribution is -2.31. The van der Waals surface area contributed by atoms with E-state index in [1.54, 1.807) is 0 Å². The summed E-state index contributed by atoms with van der Waals surface area (Å²) in [6.45, 7) is 2.21. The summed E-state index contributed by atoms with van der Waals surface area (Å²) in [5.41, 5.74) is 4.09. The number of nitrogens with zero attached hydrogens (tertiary/aromatic N) is 1. The van der Waals surface area contributed by atoms with E-state index in [0.29, 0.717) is 0 Å². The van der Waals surface area contributed by atoms with E-state index >= 15 is 0 Å². The number of aryl methyl sites for hydroxylation is 2. The first kappa shape index (κ1) is 11.1. The van der Waals surface area contributed by atoms with Crippen molar-refractivity contribution in [2.24, 2.45) is 7.05 Å². The van der Waals surface area contributed by atoms with Crippen LogP contribution in [0.5, 0.6) is 0 Å². The molecule has 19 heavy (non-hydrogen) atoms. The Hall–Kier alpha value is -1.80. The summed E-state index contributed by atoms with van der Waals surface area (Å²) in [6, 6.07) is 15.4. The largest absolute Gasteiger partial charge is 0.227 e. The van der Waals surface area contributed by atoms with Gasteiger partial charge < -0.3 is 0 Å². The molecule has 0 atom stereocenters. The van der Waals surface area contributed by atoms with Crippen molar-refractivity contribution in [3.63, 3.8) is 0 Å². The smallest absolute Gasteiger partial charge is 0.200 e. The van der Waals surface area contributed by atoms with E-state index in [2.05, 4.69) is 67.2 Å². The van der Waals surface area contributed by atoms with Crippen LogP contribution in [0.4, 0.5) is 0 Å². The van der Waals surface area contributed by atoms with E-state index in [1.165, 1.54) is 37.4 Å². The van der Waals surface area contributed by atoms with Gasteiger partial charge >= 0.3 is 0 Å². The maximum absolute atomic E-state index is 2.24. The quantitative estimate of drug-likeness (QED) is 0.432. The predicted molar refractivity (Wildman–Crippen MR) is 79.4 cm³/mol. The monoisotopic (exact) mass is 264 g/mol. The van der Waals surface area contributed by atoms with Crippen LogP contribution in [0.1, 0.15) is 5.56 Å². The van der Waals surface area contributed by atoms with Gasteiger partial charge in [0.25, 0.3) is 0 Å². The minimum atomic E-state index is 1.33. The highest BCUT2D eigenvalue weighted by atomic mass is 32.2. The fourth-order valence-electron chi connectivity index (χ4n) is 2.93. The normalized spacial score (nSPS) is 12.5. The number of hydrogen-bond donors (Lipinski definition) is 0. The predicted octanol–water partition coefficient (Wildman–Crippen LogP) is 4.10. The molecule has 2 heteroatoms. The van der Waals surface area contributed by atoms with Crippen molar-refractivity contribution in [1.29, 1.82) is 0 Å². The molecule has 0 N–H and O–H groups in total. The van der Waals surface area contributed by atoms with Gasteiger partial charge in [0.05, 0.1) is 10.5 Å². The minimum Gasteiger partial charge on any atom is -0.200 e. The molecule has 2 heterocycles. The van der Waals surface area contributed by atoms with Gasteiger partial charge in [0, 0.05) is 16.3 Å². The van der Waals surface area contributed by atoms with Crippen LogP contribution in [0, 0.1) is 6.92 Å². The van der Waals surface area contributed by atoms with E-state index in [1.807, 2.05) is 11.8 Å². The molecule has 0 radical (unpaired) electrons. The third kappa shape index (κ3) is 1.47. The molecule has 1 aliphatic rings. The summed E-state index contributed by atoms with van der Waals surface area (Å²) in [7, 11) is 2.13. The third-order valence-electron chi connectivity index (χ3n) is 3.82. The second kappa shape index (κ2) is 3.84. The number of hydrogen-bond acceptors (Lipinski definition) is 1. The molecule has 0 bridgehead atoms. The van der Waals surface area contributed by atoms with Gasteiger partial charge in [-0.05, 0) is 30.0 Å². The number of aromatic nitrogens is 1. The van der Waals surface area contributed by atoms with Gasteiger partial charge in [0.2, 0.25) is 5.69 Å². The zero-order valence-electron chi connectivity index (χ0n) is 11.0. The van der Waals surface area contributed by atoms with Crippen LogP contribution >= 0.6 is 11.8 Å². The molecule has 0 fully saturated rings. The highest BCUT2D eigenvalue weighted by Crippen LogP contribution is 2.47. The van der Waals surface area contributed by atoms with Crippen molar-refractivity contribution >= 4 is 22.5 Å². The Kier molecular flexibility index (Phi) is 2.24. The molecular weight excluding hydrogens is 250 g/mol. The molecule has 0 unspecified atom stereocenters. The van der Waals surface area contributed by atoms with Crippen LogP contribution in [0.3, 0.4) is 0 Å². The van der Waals surface area contributed by atoms with Crippen LogP contribution in [-0.2, 0) is 7.05 Å². The summed E-state index contributed by atoms with van der Waals surface area (Å²) >= 11 is 1.88. The first-order chi connectivity index (χ1) is 9.25. The Balaban J connectivity index is 2.26. The number of benzene rings is 2. The molecule has 1 aliphatic heterocycles. The minimum absolute atomic E-state index is 1.33. The average molecular weight is 264 g/mol. The van der Waals surface area contributed by atoms with E-state index in [9.17, 15) is 0 Å². The number of pyridine rings is 1. The van der Waals surface area contributed by atoms with Crippen molar-refractivity contribution in [3.8, 4) is 11.3 Å². The van der Waals surface area contributed by atoms with E-state index in [-0.39, 0.29) is 0 Å². The van der Waals surface area contributed by atoms with Crippen LogP contribution in [0.15, 0.2) is 58.5 Å². The Labute approximate surface area is 116 Å². The average Bonchev–Trinajstić information content (AvgIpc) is 2.42. The summed E-state index contributed by atoms with van der Waals surface area (Å²) in [5.74, 6) is 0. The Morgan fingerprint density at radius 2 is 1.79 bits per heavy atom.